The molecule has 1 aromatic carbocycles. The highest BCUT2D eigenvalue weighted by Crippen LogP contribution is 2.32. The smallest absolute Gasteiger partial charge is 0.272 e. The van der Waals surface area contributed by atoms with E-state index in [0.717, 1.165) is 12.0 Å². The lowest BCUT2D eigenvalue weighted by molar-refractivity contribution is -0.138. The molecule has 1 fully saturated rings. The van der Waals surface area contributed by atoms with Crippen LogP contribution in [0.4, 0.5) is 5.95 Å². The largest absolute Gasteiger partial charge is 0.341 e. The molecule has 1 unspecified atom stereocenters. The Kier molecular flexibility index (Phi) is 6.78. The number of carbonyl (C=O) groups is 2. The molecule has 2 aliphatic heterocycles. The van der Waals surface area contributed by atoms with Crippen LogP contribution in [0.25, 0.3) is 0 Å². The number of anilines is 1. The van der Waals surface area contributed by atoms with Crippen molar-refractivity contribution in [1.82, 2.24) is 19.9 Å². The van der Waals surface area contributed by atoms with Crippen LogP contribution in [0.5, 0.6) is 0 Å². The highest BCUT2D eigenvalue weighted by atomic mass is 16.2. The van der Waals surface area contributed by atoms with E-state index in [1.807, 2.05) is 50.4 Å². The molecule has 0 bridgehead atoms. The molecule has 2 aromatic rings. The van der Waals surface area contributed by atoms with E-state index in [0.29, 0.717) is 50.7 Å². The first kappa shape index (κ1) is 21.9. The molecule has 1 atom stereocenters. The summed E-state index contributed by atoms with van der Waals surface area (Å²) in [5, 5.41) is 6.05. The summed E-state index contributed by atoms with van der Waals surface area (Å²) in [4.78, 5) is 38.6. The van der Waals surface area contributed by atoms with E-state index in [-0.39, 0.29) is 23.8 Å². The van der Waals surface area contributed by atoms with Crippen LogP contribution in [0.2, 0.25) is 0 Å². The molecular formula is C24H30N6O2. The maximum Gasteiger partial charge on any atom is 0.272 e. The Morgan fingerprint density at radius 2 is 1.78 bits per heavy atom. The van der Waals surface area contributed by atoms with Crippen LogP contribution in [0, 0.1) is 5.92 Å². The molecule has 1 aromatic heterocycles. The summed E-state index contributed by atoms with van der Waals surface area (Å²) < 4.78 is 0. The molecule has 2 aliphatic rings. The third kappa shape index (κ3) is 4.49. The Hall–Kier alpha value is -3.29. The van der Waals surface area contributed by atoms with Gasteiger partial charge >= 0.3 is 0 Å². The van der Waals surface area contributed by atoms with E-state index in [1.54, 1.807) is 22.2 Å². The van der Waals surface area contributed by atoms with E-state index in [9.17, 15) is 9.59 Å². The third-order valence-corrected chi connectivity index (χ3v) is 6.28. The van der Waals surface area contributed by atoms with Gasteiger partial charge in [0.1, 0.15) is 5.69 Å². The van der Waals surface area contributed by atoms with Gasteiger partial charge in [0, 0.05) is 50.9 Å². The predicted molar refractivity (Wildman–Crippen MR) is 123 cm³/mol. The Bertz CT molecular complexity index is 967. The zero-order valence-electron chi connectivity index (χ0n) is 18.7. The predicted octanol–water partition coefficient (Wildman–Crippen LogP) is 3.13. The number of hydrogen-bond donors (Lipinski definition) is 0. The van der Waals surface area contributed by atoms with Crippen LogP contribution in [0.3, 0.4) is 0 Å². The van der Waals surface area contributed by atoms with Crippen LogP contribution < -0.4 is 4.90 Å². The normalized spacial score (nSPS) is 18.8. The lowest BCUT2D eigenvalue weighted by Crippen LogP contribution is -2.42. The van der Waals surface area contributed by atoms with Crippen molar-refractivity contribution in [3.05, 3.63) is 53.9 Å². The average molecular weight is 435 g/mol. The number of aromatic nitrogens is 2. The van der Waals surface area contributed by atoms with Crippen LogP contribution >= 0.6 is 0 Å². The summed E-state index contributed by atoms with van der Waals surface area (Å²) in [6, 6.07) is 11.7. The van der Waals surface area contributed by atoms with Crippen LogP contribution in [0.15, 0.2) is 47.7 Å². The van der Waals surface area contributed by atoms with E-state index < -0.39 is 0 Å². The first-order chi connectivity index (χ1) is 15.6. The zero-order valence-corrected chi connectivity index (χ0v) is 18.7. The molecule has 8 nitrogen and oxygen atoms in total. The minimum Gasteiger partial charge on any atom is -0.341 e. The lowest BCUT2D eigenvalue weighted by atomic mass is 9.94. The molecule has 0 radical (unpaired) electrons. The van der Waals surface area contributed by atoms with Crippen molar-refractivity contribution < 1.29 is 9.59 Å². The zero-order chi connectivity index (χ0) is 22.5. The molecule has 0 N–H and O–H groups in total. The van der Waals surface area contributed by atoms with Gasteiger partial charge in [-0.2, -0.15) is 5.10 Å². The lowest BCUT2D eigenvalue weighted by Gasteiger charge is -2.34. The third-order valence-electron chi connectivity index (χ3n) is 6.28. The number of amides is 2. The number of benzene rings is 1. The maximum absolute atomic E-state index is 13.2. The summed E-state index contributed by atoms with van der Waals surface area (Å²) in [6.07, 6.45) is 5.64. The van der Waals surface area contributed by atoms with E-state index in [2.05, 4.69) is 20.0 Å². The summed E-state index contributed by atoms with van der Waals surface area (Å²) in [5.41, 5.74) is 1.52. The SMILES string of the molecule is CCN(CC)C(=O)c1ccnc(N2CCC(C(=O)N3N=CCC3c3ccccc3)CC2)n1. The van der Waals surface area contributed by atoms with Crippen LogP contribution in [0.1, 0.15) is 55.2 Å². The number of piperidine rings is 1. The van der Waals surface area contributed by atoms with Gasteiger partial charge in [-0.05, 0) is 38.3 Å². The van der Waals surface area contributed by atoms with Crippen LogP contribution in [-0.4, -0.2) is 64.1 Å². The average Bonchev–Trinajstić information content (AvgIpc) is 3.35. The molecule has 1 saturated heterocycles. The standard InChI is InChI=1S/C24H30N6O2/c1-3-28(4-2)23(32)20-10-14-25-24(27-20)29-16-12-19(13-17-29)22(31)30-21(11-15-26-30)18-8-6-5-7-9-18/h5-10,14-15,19,21H,3-4,11-13,16-17H2,1-2H3. The second-order valence-electron chi connectivity index (χ2n) is 8.12. The Morgan fingerprint density at radius 3 is 2.47 bits per heavy atom. The minimum atomic E-state index is -0.0810. The minimum absolute atomic E-state index is 0.0205. The first-order valence-electron chi connectivity index (χ1n) is 11.4. The molecule has 0 aliphatic carbocycles. The molecule has 168 valence electrons. The van der Waals surface area contributed by atoms with E-state index in [1.165, 1.54) is 0 Å². The summed E-state index contributed by atoms with van der Waals surface area (Å²) in [7, 11) is 0. The van der Waals surface area contributed by atoms with Crippen molar-refractivity contribution in [2.75, 3.05) is 31.1 Å². The van der Waals surface area contributed by atoms with Gasteiger partial charge in [0.2, 0.25) is 11.9 Å². The number of nitrogens with zero attached hydrogens (tertiary/aromatic N) is 6. The number of hydrazone groups is 1. The van der Waals surface area contributed by atoms with Gasteiger partial charge in [-0.15, -0.1) is 0 Å². The van der Waals surface area contributed by atoms with Crippen molar-refractivity contribution >= 4 is 24.0 Å². The molecular weight excluding hydrogens is 404 g/mol. The van der Waals surface area contributed by atoms with Gasteiger partial charge in [-0.3, -0.25) is 9.59 Å². The van der Waals surface area contributed by atoms with Crippen molar-refractivity contribution in [2.45, 2.75) is 39.2 Å². The van der Waals surface area contributed by atoms with Gasteiger partial charge in [0.15, 0.2) is 0 Å². The molecule has 0 spiro atoms. The van der Waals surface area contributed by atoms with Gasteiger partial charge in [-0.25, -0.2) is 15.0 Å². The molecule has 2 amide bonds. The topological polar surface area (TPSA) is 82.0 Å². The van der Waals surface area contributed by atoms with Crippen molar-refractivity contribution in [1.29, 1.82) is 0 Å². The second kappa shape index (κ2) is 9.89. The van der Waals surface area contributed by atoms with E-state index >= 15 is 0 Å². The molecule has 0 saturated carbocycles. The molecule has 8 heteroatoms. The molecule has 4 rings (SSSR count). The van der Waals surface area contributed by atoms with Gasteiger partial charge in [0.25, 0.3) is 5.91 Å². The number of rotatable bonds is 6. The van der Waals surface area contributed by atoms with Crippen molar-refractivity contribution in [2.24, 2.45) is 11.0 Å². The highest BCUT2D eigenvalue weighted by molar-refractivity contribution is 5.92. The Balaban J connectivity index is 1.39. The molecule has 3 heterocycles. The fourth-order valence-corrected chi connectivity index (χ4v) is 4.38. The van der Waals surface area contributed by atoms with Crippen molar-refractivity contribution in [3.8, 4) is 0 Å². The quantitative estimate of drug-likeness (QED) is 0.698. The first-order valence-corrected chi connectivity index (χ1v) is 11.4. The number of carbonyl (C=O) groups excluding carboxylic acids is 2. The maximum atomic E-state index is 13.2. The van der Waals surface area contributed by atoms with Crippen LogP contribution in [-0.2, 0) is 4.79 Å². The van der Waals surface area contributed by atoms with Gasteiger partial charge in [0.05, 0.1) is 6.04 Å². The Morgan fingerprint density at radius 1 is 1.06 bits per heavy atom. The van der Waals surface area contributed by atoms with Crippen molar-refractivity contribution in [3.63, 3.8) is 0 Å². The summed E-state index contributed by atoms with van der Waals surface area (Å²) in [5.74, 6) is 0.477. The Labute approximate surface area is 188 Å². The summed E-state index contributed by atoms with van der Waals surface area (Å²) in [6.45, 7) is 6.55. The fourth-order valence-electron chi connectivity index (χ4n) is 4.38. The summed E-state index contributed by atoms with van der Waals surface area (Å²) >= 11 is 0. The number of hydrogen-bond acceptors (Lipinski definition) is 6. The highest BCUT2D eigenvalue weighted by Gasteiger charge is 2.35. The van der Waals surface area contributed by atoms with Gasteiger partial charge in [-0.1, -0.05) is 30.3 Å². The second-order valence-corrected chi connectivity index (χ2v) is 8.12. The fraction of sp³-hybridized carbons (Fsp3) is 0.458. The van der Waals surface area contributed by atoms with E-state index in [4.69, 9.17) is 0 Å². The molecule has 32 heavy (non-hydrogen) atoms. The monoisotopic (exact) mass is 434 g/mol. The van der Waals surface area contributed by atoms with Gasteiger partial charge < -0.3 is 9.80 Å².